The van der Waals surface area contributed by atoms with E-state index in [1.807, 2.05) is 0 Å². The normalized spacial score (nSPS) is 11.8. The Morgan fingerprint density at radius 2 is 1.72 bits per heavy atom. The van der Waals surface area contributed by atoms with Crippen molar-refractivity contribution in [2.45, 2.75) is 19.5 Å². The summed E-state index contributed by atoms with van der Waals surface area (Å²) in [6, 6.07) is 11.3. The van der Waals surface area contributed by atoms with Gasteiger partial charge in [-0.3, -0.25) is 23.3 Å². The first-order chi connectivity index (χ1) is 18.3. The van der Waals surface area contributed by atoms with E-state index in [-0.39, 0.29) is 41.8 Å². The smallest absolute Gasteiger partial charge is 0.425 e. The van der Waals surface area contributed by atoms with Crippen molar-refractivity contribution in [1.29, 1.82) is 0 Å². The first-order valence-electron chi connectivity index (χ1n) is 11.5. The maximum Gasteiger partial charge on any atom is 0.573 e. The fourth-order valence-electron chi connectivity index (χ4n) is 3.91. The Morgan fingerprint density at radius 1 is 1.05 bits per heavy atom. The lowest BCUT2D eigenvalue weighted by molar-refractivity contribution is -0.274. The quantitative estimate of drug-likeness (QED) is 0.306. The molecular weight excluding hydrogens is 543 g/mol. The largest absolute Gasteiger partial charge is 0.573 e. The van der Waals surface area contributed by atoms with Crippen LogP contribution in [0.5, 0.6) is 17.5 Å². The predicted molar refractivity (Wildman–Crippen MR) is 137 cm³/mol. The molecule has 14 heteroatoms. The summed E-state index contributed by atoms with van der Waals surface area (Å²) >= 11 is 5.99. The monoisotopic (exact) mass is 565 g/mol. The van der Waals surface area contributed by atoms with Crippen molar-refractivity contribution in [2.24, 2.45) is 7.05 Å². The van der Waals surface area contributed by atoms with Crippen LogP contribution in [-0.2, 0) is 24.9 Å². The van der Waals surface area contributed by atoms with Crippen LogP contribution in [0.1, 0.15) is 5.56 Å². The maximum atomic E-state index is 13.6. The second kappa shape index (κ2) is 10.9. The molecule has 0 aliphatic carbocycles. The molecule has 0 N–H and O–H groups in total. The van der Waals surface area contributed by atoms with Crippen LogP contribution in [0.4, 0.5) is 13.2 Å². The number of aryl methyl sites for hydroxylation is 1. The van der Waals surface area contributed by atoms with Crippen LogP contribution in [0.3, 0.4) is 0 Å². The fraction of sp³-hybridized carbons (Fsp3) is 0.280. The average Bonchev–Trinajstić information content (AvgIpc) is 3.18. The van der Waals surface area contributed by atoms with E-state index in [0.717, 1.165) is 21.3 Å². The highest BCUT2D eigenvalue weighted by molar-refractivity contribution is 6.30. The first kappa shape index (κ1) is 27.9. The van der Waals surface area contributed by atoms with E-state index < -0.39 is 29.9 Å². The standard InChI is InChI=1S/C25H23ClF3N5O5/c1-31(2)13-17(35)14-34-22(36)20-21(32(3)24(34)37)30-23(33(20)12-15-7-9-16(26)10-8-15)38-18-5-4-6-19(11-18)39-25(27,28)29/h4-11H,12-14H2,1-3H3. The highest BCUT2D eigenvalue weighted by atomic mass is 35.5. The van der Waals surface area contributed by atoms with Crippen molar-refractivity contribution < 1.29 is 27.4 Å². The lowest BCUT2D eigenvalue weighted by atomic mass is 10.2. The molecule has 2 aromatic heterocycles. The number of halogens is 4. The Balaban J connectivity index is 1.87. The Morgan fingerprint density at radius 3 is 2.36 bits per heavy atom. The van der Waals surface area contributed by atoms with E-state index in [0.29, 0.717) is 10.6 Å². The molecule has 206 valence electrons. The Labute approximate surface area is 224 Å². The molecule has 0 aliphatic rings. The number of ether oxygens (including phenoxy) is 2. The van der Waals surface area contributed by atoms with Gasteiger partial charge in [0, 0.05) is 18.1 Å². The summed E-state index contributed by atoms with van der Waals surface area (Å²) in [7, 11) is 4.75. The van der Waals surface area contributed by atoms with E-state index in [9.17, 15) is 27.6 Å². The number of carbonyl (C=O) groups excluding carboxylic acids is 1. The molecular formula is C25H23ClF3N5O5. The number of nitrogens with zero attached hydrogens (tertiary/aromatic N) is 5. The minimum atomic E-state index is -4.91. The number of ketones is 1. The topological polar surface area (TPSA) is 101 Å². The van der Waals surface area contributed by atoms with Crippen LogP contribution in [0.2, 0.25) is 5.02 Å². The van der Waals surface area contributed by atoms with Crippen molar-refractivity contribution in [3.8, 4) is 17.5 Å². The average molecular weight is 566 g/mol. The second-order valence-corrected chi connectivity index (χ2v) is 9.35. The van der Waals surface area contributed by atoms with Crippen molar-refractivity contribution in [1.82, 2.24) is 23.6 Å². The summed E-state index contributed by atoms with van der Waals surface area (Å²) in [6.07, 6.45) is -4.91. The van der Waals surface area contributed by atoms with Gasteiger partial charge in [-0.15, -0.1) is 13.2 Å². The number of fused-ring (bicyclic) bond motifs is 1. The van der Waals surface area contributed by atoms with Crippen LogP contribution < -0.4 is 20.7 Å². The van der Waals surface area contributed by atoms with Gasteiger partial charge >= 0.3 is 18.1 Å². The molecule has 39 heavy (non-hydrogen) atoms. The van der Waals surface area contributed by atoms with E-state index in [4.69, 9.17) is 16.3 Å². The van der Waals surface area contributed by atoms with Gasteiger partial charge in [0.1, 0.15) is 11.5 Å². The van der Waals surface area contributed by atoms with E-state index in [2.05, 4.69) is 9.72 Å². The number of hydrogen-bond acceptors (Lipinski definition) is 7. The van der Waals surface area contributed by atoms with Crippen molar-refractivity contribution in [3.63, 3.8) is 0 Å². The summed E-state index contributed by atoms with van der Waals surface area (Å²) in [6.45, 7) is -0.415. The van der Waals surface area contributed by atoms with Crippen LogP contribution in [0.15, 0.2) is 58.1 Å². The molecule has 0 amide bonds. The first-order valence-corrected chi connectivity index (χ1v) is 11.8. The number of aromatic nitrogens is 4. The van der Waals surface area contributed by atoms with Crippen LogP contribution in [-0.4, -0.2) is 56.4 Å². The van der Waals surface area contributed by atoms with Crippen LogP contribution >= 0.6 is 11.6 Å². The summed E-state index contributed by atoms with van der Waals surface area (Å²) in [5, 5.41) is 0.483. The minimum absolute atomic E-state index is 0.0162. The Hall–Kier alpha value is -4.10. The van der Waals surface area contributed by atoms with Crippen LogP contribution in [0.25, 0.3) is 11.2 Å². The third-order valence-electron chi connectivity index (χ3n) is 5.53. The van der Waals surface area contributed by atoms with Gasteiger partial charge in [0.15, 0.2) is 16.9 Å². The lowest BCUT2D eigenvalue weighted by Crippen LogP contribution is -2.42. The maximum absolute atomic E-state index is 13.6. The van der Waals surface area contributed by atoms with Crippen molar-refractivity contribution in [3.05, 3.63) is 80.0 Å². The molecule has 0 atom stereocenters. The number of benzene rings is 2. The van der Waals surface area contributed by atoms with Gasteiger partial charge < -0.3 is 14.4 Å². The summed E-state index contributed by atoms with van der Waals surface area (Å²) in [5.41, 5.74) is -0.926. The zero-order valence-corrected chi connectivity index (χ0v) is 21.8. The zero-order chi connectivity index (χ0) is 28.5. The summed E-state index contributed by atoms with van der Waals surface area (Å²) < 4.78 is 51.2. The van der Waals surface area contributed by atoms with Gasteiger partial charge in [-0.25, -0.2) is 4.79 Å². The highest BCUT2D eigenvalue weighted by Crippen LogP contribution is 2.30. The lowest BCUT2D eigenvalue weighted by Gasteiger charge is -2.13. The molecule has 0 aliphatic heterocycles. The van der Waals surface area contributed by atoms with Gasteiger partial charge in [0.2, 0.25) is 0 Å². The second-order valence-electron chi connectivity index (χ2n) is 8.91. The van der Waals surface area contributed by atoms with E-state index in [1.54, 1.807) is 43.3 Å². The third-order valence-corrected chi connectivity index (χ3v) is 5.78. The van der Waals surface area contributed by atoms with Crippen molar-refractivity contribution >= 4 is 28.5 Å². The number of likely N-dealkylation sites (N-methyl/N-ethyl adjacent to an activating group) is 1. The predicted octanol–water partition coefficient (Wildman–Crippen LogP) is 3.42. The molecule has 2 aromatic carbocycles. The summed E-state index contributed by atoms with van der Waals surface area (Å²) in [4.78, 5) is 45.0. The highest BCUT2D eigenvalue weighted by Gasteiger charge is 2.31. The zero-order valence-electron chi connectivity index (χ0n) is 21.0. The molecule has 0 fully saturated rings. The molecule has 0 radical (unpaired) electrons. The van der Waals surface area contributed by atoms with Gasteiger partial charge in [-0.2, -0.15) is 4.98 Å². The SMILES string of the molecule is CN(C)CC(=O)Cn1c(=O)c2c(nc(Oc3cccc(OC(F)(F)F)c3)n2Cc2ccc(Cl)cc2)n(C)c1=O. The summed E-state index contributed by atoms with van der Waals surface area (Å²) in [5.74, 6) is -0.939. The van der Waals surface area contributed by atoms with Gasteiger partial charge in [0.05, 0.1) is 19.6 Å². The minimum Gasteiger partial charge on any atom is -0.425 e. The number of hydrogen-bond donors (Lipinski definition) is 0. The van der Waals surface area contributed by atoms with Gasteiger partial charge in [-0.05, 0) is 43.9 Å². The molecule has 0 spiro atoms. The molecule has 4 aromatic rings. The number of carbonyl (C=O) groups is 1. The fourth-order valence-corrected chi connectivity index (χ4v) is 4.03. The number of alkyl halides is 3. The van der Waals surface area contributed by atoms with E-state index >= 15 is 0 Å². The van der Waals surface area contributed by atoms with Gasteiger partial charge in [-0.1, -0.05) is 29.8 Å². The third kappa shape index (κ3) is 6.49. The molecule has 4 rings (SSSR count). The van der Waals surface area contributed by atoms with E-state index in [1.165, 1.54) is 23.7 Å². The molecule has 2 heterocycles. The van der Waals surface area contributed by atoms with Crippen molar-refractivity contribution in [2.75, 3.05) is 20.6 Å². The number of Topliss-reactive ketones (excluding diaryl/α,β-unsaturated/α-hetero) is 1. The Bertz CT molecular complexity index is 1640. The molecule has 0 saturated carbocycles. The number of rotatable bonds is 9. The molecule has 10 nitrogen and oxygen atoms in total. The number of imidazole rings is 1. The molecule has 0 bridgehead atoms. The molecule has 0 unspecified atom stereocenters. The van der Waals surface area contributed by atoms with Gasteiger partial charge in [0.25, 0.3) is 5.56 Å². The Kier molecular flexibility index (Phi) is 7.84. The van der Waals surface area contributed by atoms with Crippen LogP contribution in [0, 0.1) is 0 Å². The molecule has 0 saturated heterocycles.